The predicted molar refractivity (Wildman–Crippen MR) is 237 cm³/mol. The Hall–Kier alpha value is -7.10. The summed E-state index contributed by atoms with van der Waals surface area (Å²) in [4.78, 5) is 66.5. The van der Waals surface area contributed by atoms with Crippen LogP contribution >= 0.6 is 0 Å². The highest BCUT2D eigenvalue weighted by molar-refractivity contribution is 5.96. The fourth-order valence-corrected chi connectivity index (χ4v) is 8.44. The molecule has 338 valence electrons. The van der Waals surface area contributed by atoms with E-state index in [0.717, 1.165) is 31.7 Å². The lowest BCUT2D eigenvalue weighted by atomic mass is 10.0. The minimum Gasteiger partial charge on any atom is -0.477 e. The second kappa shape index (κ2) is 17.9. The van der Waals surface area contributed by atoms with Gasteiger partial charge in [0.15, 0.2) is 0 Å². The van der Waals surface area contributed by atoms with Gasteiger partial charge < -0.3 is 42.3 Å². The summed E-state index contributed by atoms with van der Waals surface area (Å²) in [6, 6.07) is 1.60. The number of pyridine rings is 2. The number of rotatable bonds is 13. The van der Waals surface area contributed by atoms with Crippen LogP contribution in [-0.2, 0) is 0 Å². The molecular formula is C42H50F2N14O6. The smallest absolute Gasteiger partial charge is 0.341 e. The van der Waals surface area contributed by atoms with Crippen LogP contribution in [0.3, 0.4) is 0 Å². The molecular weight excluding hydrogens is 835 g/mol. The number of benzene rings is 1. The SMILES string of the molecule is NC(=NCCCCCCN=C(N)N=C(N)N1CCCN1C1C=c2c(c(=O)c(C(=O)O)cn2C2CC2)=CC1F)N=C(N)N1CCCN1c1cc2c(cc1F)c(=O)c(C(=O)O)cn2C1C=C1. The molecule has 2 unspecified atom stereocenters. The number of allylic oxidation sites excluding steroid dienone is 2. The highest BCUT2D eigenvalue weighted by atomic mass is 19.1. The fraction of sp³-hybridized carbons (Fsp3) is 0.429. The first-order chi connectivity index (χ1) is 30.7. The van der Waals surface area contributed by atoms with E-state index in [1.807, 2.05) is 12.2 Å². The maximum atomic E-state index is 15.7. The van der Waals surface area contributed by atoms with Gasteiger partial charge in [-0.2, -0.15) is 9.98 Å². The van der Waals surface area contributed by atoms with Crippen molar-refractivity contribution < 1.29 is 28.6 Å². The number of alkyl halides is 1. The Morgan fingerprint density at radius 1 is 0.750 bits per heavy atom. The summed E-state index contributed by atoms with van der Waals surface area (Å²) in [5, 5.41) is 26.3. The molecule has 2 aliphatic heterocycles. The second-order valence-electron chi connectivity index (χ2n) is 16.2. The minimum absolute atomic E-state index is 0.0122. The highest BCUT2D eigenvalue weighted by Crippen LogP contribution is 2.34. The Bertz CT molecular complexity index is 2790. The lowest BCUT2D eigenvalue weighted by Gasteiger charge is -2.36. The third kappa shape index (κ3) is 8.90. The van der Waals surface area contributed by atoms with Gasteiger partial charge in [-0.1, -0.05) is 25.0 Å². The Balaban J connectivity index is 0.823. The van der Waals surface area contributed by atoms with E-state index < -0.39 is 46.4 Å². The van der Waals surface area contributed by atoms with Crippen molar-refractivity contribution in [1.82, 2.24) is 24.2 Å². The molecule has 1 saturated carbocycles. The number of aromatic carboxylic acids is 2. The second-order valence-corrected chi connectivity index (χ2v) is 16.2. The maximum absolute atomic E-state index is 15.7. The van der Waals surface area contributed by atoms with Crippen LogP contribution in [0.15, 0.2) is 66.2 Å². The first-order valence-electron chi connectivity index (χ1n) is 21.2. The number of aromatic nitrogens is 2. The lowest BCUT2D eigenvalue weighted by molar-refractivity contribution is 0.0526. The van der Waals surface area contributed by atoms with Crippen LogP contribution in [0.5, 0.6) is 0 Å². The van der Waals surface area contributed by atoms with Crippen molar-refractivity contribution in [3.63, 3.8) is 0 Å². The zero-order chi connectivity index (χ0) is 45.4. The van der Waals surface area contributed by atoms with Gasteiger partial charge in [-0.25, -0.2) is 23.4 Å². The van der Waals surface area contributed by atoms with E-state index in [-0.39, 0.29) is 57.8 Å². The van der Waals surface area contributed by atoms with Gasteiger partial charge in [-0.15, -0.1) is 0 Å². The molecule has 0 amide bonds. The maximum Gasteiger partial charge on any atom is 0.341 e. The molecule has 5 aliphatic rings. The van der Waals surface area contributed by atoms with Crippen LogP contribution in [0, 0.1) is 5.82 Å². The van der Waals surface area contributed by atoms with Crippen molar-refractivity contribution in [3.8, 4) is 0 Å². The van der Waals surface area contributed by atoms with Crippen LogP contribution in [0.4, 0.5) is 14.5 Å². The number of aliphatic imine (C=N–C) groups is 4. The van der Waals surface area contributed by atoms with Crippen molar-refractivity contribution in [2.45, 2.75) is 75.7 Å². The fourth-order valence-electron chi connectivity index (χ4n) is 8.44. The Morgan fingerprint density at radius 3 is 1.97 bits per heavy atom. The number of unbranched alkanes of at least 4 members (excludes halogenated alkanes) is 3. The molecule has 3 fully saturated rings. The molecule has 0 bridgehead atoms. The van der Waals surface area contributed by atoms with E-state index in [4.69, 9.17) is 22.9 Å². The summed E-state index contributed by atoms with van der Waals surface area (Å²) in [7, 11) is 0. The van der Waals surface area contributed by atoms with Crippen molar-refractivity contribution in [3.05, 3.63) is 84.6 Å². The number of carbonyl (C=O) groups is 2. The van der Waals surface area contributed by atoms with Crippen LogP contribution < -0.4 is 49.4 Å². The summed E-state index contributed by atoms with van der Waals surface area (Å²) in [6.45, 7) is 2.56. The number of nitrogens with two attached hydrogens (primary N) is 4. The number of fused-ring (bicyclic) bond motifs is 2. The molecule has 22 heteroatoms. The number of carboxylic acid groups (broad SMARTS) is 2. The molecule has 4 heterocycles. The van der Waals surface area contributed by atoms with Gasteiger partial charge >= 0.3 is 11.9 Å². The largest absolute Gasteiger partial charge is 0.477 e. The summed E-state index contributed by atoms with van der Waals surface area (Å²) in [5.74, 6) is -3.45. The van der Waals surface area contributed by atoms with Gasteiger partial charge in [0.2, 0.25) is 34.7 Å². The van der Waals surface area contributed by atoms with Gasteiger partial charge in [0.05, 0.1) is 23.3 Å². The number of guanidine groups is 4. The van der Waals surface area contributed by atoms with Crippen LogP contribution in [-0.4, -0.2) is 122 Å². The molecule has 2 atom stereocenters. The van der Waals surface area contributed by atoms with Crippen LogP contribution in [0.1, 0.15) is 84.2 Å². The summed E-state index contributed by atoms with van der Waals surface area (Å²) >= 11 is 0. The Labute approximate surface area is 364 Å². The molecule has 0 spiro atoms. The Morgan fingerprint density at radius 2 is 1.34 bits per heavy atom. The zero-order valence-corrected chi connectivity index (χ0v) is 34.9. The first kappa shape index (κ1) is 43.5. The summed E-state index contributed by atoms with van der Waals surface area (Å²) in [5.41, 5.74) is 23.2. The lowest BCUT2D eigenvalue weighted by Crippen LogP contribution is -2.57. The third-order valence-electron chi connectivity index (χ3n) is 11.8. The molecule has 10 N–H and O–H groups in total. The third-order valence-corrected chi connectivity index (χ3v) is 11.8. The molecule has 3 aromatic rings. The number of hydrazine groups is 2. The number of anilines is 1. The number of nitrogens with zero attached hydrogens (tertiary/aromatic N) is 10. The van der Waals surface area contributed by atoms with E-state index in [1.54, 1.807) is 35.2 Å². The van der Waals surface area contributed by atoms with Crippen LogP contribution in [0.2, 0.25) is 0 Å². The highest BCUT2D eigenvalue weighted by Gasteiger charge is 2.37. The Kier molecular flexibility index (Phi) is 12.2. The number of carboxylic acids is 2. The van der Waals surface area contributed by atoms with Crippen molar-refractivity contribution >= 4 is 64.5 Å². The van der Waals surface area contributed by atoms with Gasteiger partial charge in [0.25, 0.3) is 0 Å². The standard InChI is InChI=1S/C42H50F2N14O6/c43-29-17-25-31(53(23-7-8-23)21-27(35(25)59)37(61)62)19-33(29)55-13-5-15-57(55)41(47)51-39(45)49-11-3-1-2-4-12-50-40(46)52-42(48)58-16-6-14-56(58)34-20-32-26(18-30(34)44)36(60)28(38(63)64)22-54(32)24-9-10-24/h7-8,17-24,30,34H,1-6,9-16H2,(H,61,62)(H,63,64)(H4,45,47,49,51)(H4,46,48,50,52). The van der Waals surface area contributed by atoms with Gasteiger partial charge in [-0.3, -0.25) is 34.6 Å². The molecule has 64 heavy (non-hydrogen) atoms. The number of hydrogen-bond acceptors (Lipinski definition) is 8. The minimum atomic E-state index is -1.60. The molecule has 2 saturated heterocycles. The average Bonchev–Trinajstić information content (AvgIpc) is 4.18. The quantitative estimate of drug-likeness (QED) is 0.0583. The summed E-state index contributed by atoms with van der Waals surface area (Å²) < 4.78 is 34.7. The molecule has 20 nitrogen and oxygen atoms in total. The van der Waals surface area contributed by atoms with Gasteiger partial charge in [-0.05, 0) is 62.8 Å². The van der Waals surface area contributed by atoms with E-state index in [2.05, 4.69) is 20.0 Å². The number of hydrogen-bond donors (Lipinski definition) is 6. The van der Waals surface area contributed by atoms with Crippen molar-refractivity contribution in [2.24, 2.45) is 42.9 Å². The van der Waals surface area contributed by atoms with Gasteiger partial charge in [0, 0.05) is 73.7 Å². The number of halogens is 2. The molecule has 8 rings (SSSR count). The van der Waals surface area contributed by atoms with Gasteiger partial charge in [0.1, 0.15) is 23.1 Å². The first-order valence-corrected chi connectivity index (χ1v) is 21.2. The normalized spacial score (nSPS) is 20.8. The van der Waals surface area contributed by atoms with E-state index >= 15 is 8.78 Å². The predicted octanol–water partition coefficient (Wildman–Crippen LogP) is 0.295. The van der Waals surface area contributed by atoms with Crippen molar-refractivity contribution in [2.75, 3.05) is 44.3 Å². The van der Waals surface area contributed by atoms with Crippen LogP contribution in [0.25, 0.3) is 23.1 Å². The molecule has 3 aliphatic carbocycles. The molecule has 1 aromatic carbocycles. The van der Waals surface area contributed by atoms with Crippen molar-refractivity contribution in [1.29, 1.82) is 0 Å². The topological polar surface area (TPSA) is 285 Å². The monoisotopic (exact) mass is 884 g/mol. The van der Waals surface area contributed by atoms with E-state index in [0.29, 0.717) is 75.8 Å². The van der Waals surface area contributed by atoms with E-state index in [9.17, 15) is 29.4 Å². The molecule has 2 aromatic heterocycles. The summed E-state index contributed by atoms with van der Waals surface area (Å²) in [6.07, 6.45) is 13.6. The average molecular weight is 885 g/mol. The van der Waals surface area contributed by atoms with E-state index in [1.165, 1.54) is 24.5 Å². The zero-order valence-electron chi connectivity index (χ0n) is 34.9. The molecule has 0 radical (unpaired) electrons.